The molecule has 1 aliphatic carbocycles. The van der Waals surface area contributed by atoms with E-state index in [0.29, 0.717) is 5.82 Å². The zero-order chi connectivity index (χ0) is 14.0. The highest BCUT2D eigenvalue weighted by Crippen LogP contribution is 2.42. The van der Waals surface area contributed by atoms with Crippen LogP contribution in [0.15, 0.2) is 6.33 Å². The maximum Gasteiger partial charge on any atom is 0.148 e. The van der Waals surface area contributed by atoms with Gasteiger partial charge in [0.2, 0.25) is 0 Å². The molecule has 0 bridgehead atoms. The van der Waals surface area contributed by atoms with Gasteiger partial charge < -0.3 is 15.8 Å². The Morgan fingerprint density at radius 2 is 2.11 bits per heavy atom. The van der Waals surface area contributed by atoms with Crippen molar-refractivity contribution in [3.63, 3.8) is 0 Å². The lowest BCUT2D eigenvalue weighted by Gasteiger charge is -2.49. The number of nitrogen functional groups attached to an aromatic ring is 1. The van der Waals surface area contributed by atoms with E-state index < -0.39 is 0 Å². The SMILES string of the molecule is CCCc1c(NN)ncnc1NC1CC(O)C1(C)C. The third kappa shape index (κ3) is 2.50. The summed E-state index contributed by atoms with van der Waals surface area (Å²) >= 11 is 0. The number of hydrazine groups is 1. The molecule has 2 rings (SSSR count). The number of aliphatic hydroxyl groups is 1. The van der Waals surface area contributed by atoms with Gasteiger partial charge in [0.1, 0.15) is 18.0 Å². The molecule has 0 amide bonds. The molecule has 1 fully saturated rings. The number of anilines is 2. The van der Waals surface area contributed by atoms with E-state index in [0.717, 1.165) is 30.6 Å². The summed E-state index contributed by atoms with van der Waals surface area (Å²) in [5.74, 6) is 6.97. The number of aromatic nitrogens is 2. The molecule has 6 nitrogen and oxygen atoms in total. The molecule has 1 saturated carbocycles. The van der Waals surface area contributed by atoms with Crippen LogP contribution in [0.4, 0.5) is 11.6 Å². The van der Waals surface area contributed by atoms with Gasteiger partial charge in [0.15, 0.2) is 0 Å². The highest BCUT2D eigenvalue weighted by Gasteiger charge is 2.47. The molecule has 1 aliphatic rings. The Hall–Kier alpha value is -1.40. The number of rotatable bonds is 5. The molecule has 106 valence electrons. The minimum Gasteiger partial charge on any atom is -0.392 e. The maximum absolute atomic E-state index is 9.79. The number of nitrogens with one attached hydrogen (secondary N) is 2. The summed E-state index contributed by atoms with van der Waals surface area (Å²) in [6, 6.07) is 0.221. The molecule has 5 N–H and O–H groups in total. The van der Waals surface area contributed by atoms with Crippen LogP contribution in [-0.4, -0.2) is 27.2 Å². The summed E-state index contributed by atoms with van der Waals surface area (Å²) in [6.07, 6.45) is 3.84. The third-order valence-corrected chi connectivity index (χ3v) is 4.11. The summed E-state index contributed by atoms with van der Waals surface area (Å²) in [4.78, 5) is 8.46. The van der Waals surface area contributed by atoms with Crippen LogP contribution in [0, 0.1) is 5.41 Å². The lowest BCUT2D eigenvalue weighted by molar-refractivity contribution is -0.0511. The summed E-state index contributed by atoms with van der Waals surface area (Å²) in [6.45, 7) is 6.22. The van der Waals surface area contributed by atoms with Crippen LogP contribution in [0.3, 0.4) is 0 Å². The lowest BCUT2D eigenvalue weighted by Crippen LogP contribution is -2.57. The largest absolute Gasteiger partial charge is 0.392 e. The Balaban J connectivity index is 2.20. The average Bonchev–Trinajstić information content (AvgIpc) is 2.40. The first-order chi connectivity index (χ1) is 9.00. The zero-order valence-electron chi connectivity index (χ0n) is 11.8. The second-order valence-corrected chi connectivity index (χ2v) is 5.71. The topological polar surface area (TPSA) is 96.1 Å². The van der Waals surface area contributed by atoms with Crippen LogP contribution < -0.4 is 16.6 Å². The van der Waals surface area contributed by atoms with Gasteiger partial charge in [-0.3, -0.25) is 0 Å². The third-order valence-electron chi connectivity index (χ3n) is 4.11. The van der Waals surface area contributed by atoms with Crippen LogP contribution in [0.5, 0.6) is 0 Å². The zero-order valence-corrected chi connectivity index (χ0v) is 11.8. The Labute approximate surface area is 113 Å². The molecule has 0 aromatic carbocycles. The minimum atomic E-state index is -0.256. The van der Waals surface area contributed by atoms with Crippen LogP contribution in [0.2, 0.25) is 0 Å². The normalized spacial score (nSPS) is 24.7. The van der Waals surface area contributed by atoms with E-state index in [1.54, 1.807) is 0 Å². The smallest absolute Gasteiger partial charge is 0.148 e. The second kappa shape index (κ2) is 5.30. The van der Waals surface area contributed by atoms with Crippen molar-refractivity contribution < 1.29 is 5.11 Å². The summed E-state index contributed by atoms with van der Waals surface area (Å²) in [5.41, 5.74) is 3.49. The molecule has 6 heteroatoms. The molecule has 1 aromatic rings. The maximum atomic E-state index is 9.79. The molecule has 0 spiro atoms. The van der Waals surface area contributed by atoms with Crippen LogP contribution >= 0.6 is 0 Å². The first-order valence-corrected chi connectivity index (χ1v) is 6.75. The first kappa shape index (κ1) is 14.0. The molecule has 1 heterocycles. The van der Waals surface area contributed by atoms with Crippen molar-refractivity contribution in [2.75, 3.05) is 10.7 Å². The fraction of sp³-hybridized carbons (Fsp3) is 0.692. The van der Waals surface area contributed by atoms with Crippen LogP contribution in [0.1, 0.15) is 39.2 Å². The lowest BCUT2D eigenvalue weighted by atomic mass is 9.64. The molecule has 2 unspecified atom stereocenters. The minimum absolute atomic E-state index is 0.134. The van der Waals surface area contributed by atoms with Gasteiger partial charge in [-0.25, -0.2) is 15.8 Å². The van der Waals surface area contributed by atoms with E-state index in [1.807, 2.05) is 0 Å². The van der Waals surface area contributed by atoms with Gasteiger partial charge >= 0.3 is 0 Å². The molecule has 0 saturated heterocycles. The molecule has 2 atom stereocenters. The summed E-state index contributed by atoms with van der Waals surface area (Å²) in [7, 11) is 0. The Bertz CT molecular complexity index is 449. The Morgan fingerprint density at radius 1 is 1.42 bits per heavy atom. The molecule has 0 aliphatic heterocycles. The summed E-state index contributed by atoms with van der Waals surface area (Å²) < 4.78 is 0. The van der Waals surface area contributed by atoms with Gasteiger partial charge in [-0.2, -0.15) is 0 Å². The van der Waals surface area contributed by atoms with Crippen LogP contribution in [0.25, 0.3) is 0 Å². The molecule has 0 radical (unpaired) electrons. The number of aliphatic hydroxyl groups excluding tert-OH is 1. The predicted octanol–water partition coefficient (Wildman–Crippen LogP) is 1.29. The van der Waals surface area contributed by atoms with E-state index in [-0.39, 0.29) is 17.6 Å². The fourth-order valence-corrected chi connectivity index (χ4v) is 2.46. The van der Waals surface area contributed by atoms with E-state index in [1.165, 1.54) is 6.33 Å². The quantitative estimate of drug-likeness (QED) is 0.473. The van der Waals surface area contributed by atoms with E-state index >= 15 is 0 Å². The summed E-state index contributed by atoms with van der Waals surface area (Å²) in [5, 5.41) is 13.2. The van der Waals surface area contributed by atoms with Crippen molar-refractivity contribution >= 4 is 11.6 Å². The van der Waals surface area contributed by atoms with Crippen molar-refractivity contribution in [2.24, 2.45) is 11.3 Å². The van der Waals surface area contributed by atoms with Gasteiger partial charge in [0.05, 0.1) is 6.10 Å². The number of nitrogens with two attached hydrogens (primary N) is 1. The molecular weight excluding hydrogens is 242 g/mol. The van der Waals surface area contributed by atoms with E-state index in [9.17, 15) is 5.11 Å². The highest BCUT2D eigenvalue weighted by atomic mass is 16.3. The average molecular weight is 265 g/mol. The van der Waals surface area contributed by atoms with Gasteiger partial charge in [-0.05, 0) is 12.8 Å². The van der Waals surface area contributed by atoms with Gasteiger partial charge in [-0.1, -0.05) is 27.2 Å². The monoisotopic (exact) mass is 265 g/mol. The van der Waals surface area contributed by atoms with Crippen molar-refractivity contribution in [1.82, 2.24) is 9.97 Å². The van der Waals surface area contributed by atoms with Crippen LogP contribution in [-0.2, 0) is 6.42 Å². The number of nitrogens with zero attached hydrogens (tertiary/aromatic N) is 2. The molecular formula is C13H23N5O. The van der Waals surface area contributed by atoms with E-state index in [2.05, 4.69) is 41.5 Å². The number of hydrogen-bond donors (Lipinski definition) is 4. The number of hydrogen-bond acceptors (Lipinski definition) is 6. The van der Waals surface area contributed by atoms with Gasteiger partial charge in [-0.15, -0.1) is 0 Å². The van der Waals surface area contributed by atoms with Crippen molar-refractivity contribution in [2.45, 2.75) is 52.2 Å². The van der Waals surface area contributed by atoms with Crippen molar-refractivity contribution in [3.8, 4) is 0 Å². The highest BCUT2D eigenvalue weighted by molar-refractivity contribution is 5.57. The second-order valence-electron chi connectivity index (χ2n) is 5.71. The van der Waals surface area contributed by atoms with Crippen molar-refractivity contribution in [3.05, 3.63) is 11.9 Å². The molecule has 1 aromatic heterocycles. The predicted molar refractivity (Wildman–Crippen MR) is 75.7 cm³/mol. The van der Waals surface area contributed by atoms with Gasteiger partial charge in [0, 0.05) is 17.0 Å². The Morgan fingerprint density at radius 3 is 2.63 bits per heavy atom. The molecule has 19 heavy (non-hydrogen) atoms. The first-order valence-electron chi connectivity index (χ1n) is 6.75. The standard InChI is InChI=1S/C13H23N5O/c1-4-5-8-11(15-7-16-12(8)18-14)17-9-6-10(19)13(9,2)3/h7,9-10,19H,4-6,14H2,1-3H3,(H2,15,16,17,18). The fourth-order valence-electron chi connectivity index (χ4n) is 2.46. The van der Waals surface area contributed by atoms with Crippen molar-refractivity contribution in [1.29, 1.82) is 0 Å². The Kier molecular flexibility index (Phi) is 3.91. The van der Waals surface area contributed by atoms with Gasteiger partial charge in [0.25, 0.3) is 0 Å². The van der Waals surface area contributed by atoms with E-state index in [4.69, 9.17) is 5.84 Å².